The van der Waals surface area contributed by atoms with Gasteiger partial charge in [0.15, 0.2) is 18.4 Å². The number of ether oxygens (including phenoxy) is 5. The van der Waals surface area contributed by atoms with E-state index in [1.54, 1.807) is 97.9 Å². The van der Waals surface area contributed by atoms with E-state index in [1.165, 1.54) is 0 Å². The Balaban J connectivity index is 0.000000215. The fourth-order valence-electron chi connectivity index (χ4n) is 4.67. The molecule has 234 valence electrons. The Morgan fingerprint density at radius 2 is 0.977 bits per heavy atom. The second-order valence-corrected chi connectivity index (χ2v) is 10.9. The van der Waals surface area contributed by atoms with Crippen LogP contribution >= 0.6 is 15.9 Å². The van der Waals surface area contributed by atoms with Crippen molar-refractivity contribution in [2.24, 2.45) is 0 Å². The number of carbonyl (C=O) groups is 3. The van der Waals surface area contributed by atoms with Gasteiger partial charge in [-0.15, -0.1) is 0 Å². The predicted molar refractivity (Wildman–Crippen MR) is 160 cm³/mol. The third kappa shape index (κ3) is 8.28. The minimum atomic E-state index is -1.76. The van der Waals surface area contributed by atoms with Crippen molar-refractivity contribution >= 4 is 33.8 Å². The van der Waals surface area contributed by atoms with Crippen molar-refractivity contribution in [1.82, 2.24) is 0 Å². The molecule has 0 saturated carbocycles. The van der Waals surface area contributed by atoms with Crippen molar-refractivity contribution in [3.05, 3.63) is 108 Å². The number of benzene rings is 3. The topological polar surface area (TPSA) is 97.4 Å². The normalized spacial score (nSPS) is 27.5. The molecule has 8 atom stereocenters. The number of hydrogen-bond acceptors (Lipinski definition) is 8. The van der Waals surface area contributed by atoms with Crippen LogP contribution in [0.5, 0.6) is 0 Å². The van der Waals surface area contributed by atoms with Crippen molar-refractivity contribution in [2.75, 3.05) is 0 Å². The highest BCUT2D eigenvalue weighted by atomic mass is 79.9. The average Bonchev–Trinajstić information content (AvgIpc) is 3.51. The highest BCUT2D eigenvalue weighted by molar-refractivity contribution is 9.09. The van der Waals surface area contributed by atoms with Gasteiger partial charge < -0.3 is 23.7 Å². The van der Waals surface area contributed by atoms with Crippen molar-refractivity contribution in [1.29, 1.82) is 0 Å². The molecular weight excluding hydrogens is 642 g/mol. The Kier molecular flexibility index (Phi) is 12.0. The van der Waals surface area contributed by atoms with Gasteiger partial charge in [0.25, 0.3) is 0 Å². The Morgan fingerprint density at radius 1 is 0.614 bits per heavy atom. The van der Waals surface area contributed by atoms with E-state index in [9.17, 15) is 23.2 Å². The van der Waals surface area contributed by atoms with Crippen LogP contribution in [0.2, 0.25) is 0 Å². The third-order valence-electron chi connectivity index (χ3n) is 7.03. The standard InChI is InChI=1S/C20H19FO5.C13H14BrFO3/c1-2-15-17(25-18(22)13-9-5-3-6-10-13)16(21)20(24-15)26-19(23)14-11-7-4-8-12-14;1-2-9-11(10(15)12(14)17-9)18-13(16)8-6-4-3-5-7-8/h3-12,15-17,20H,2H2,1H3;3-7,9-12H,2H2,1H3/t15-,16+,17-,20?;9-,10+,11-,12?/m00/s1. The first-order valence-electron chi connectivity index (χ1n) is 14.2. The molecule has 3 aromatic rings. The SMILES string of the molecule is CC[C@@H]1OC(Br)[C@H](F)[C@H]1OC(=O)c1ccccc1.CC[C@@H]1OC(OC(=O)c2ccccc2)[C@H](F)[C@H]1OC(=O)c1ccccc1. The largest absolute Gasteiger partial charge is 0.453 e. The number of halogens is 3. The van der Waals surface area contributed by atoms with Gasteiger partial charge in [0.05, 0.1) is 22.8 Å². The van der Waals surface area contributed by atoms with Crippen molar-refractivity contribution in [3.8, 4) is 0 Å². The van der Waals surface area contributed by atoms with E-state index >= 15 is 0 Å². The van der Waals surface area contributed by atoms with Crippen LogP contribution in [0.1, 0.15) is 57.8 Å². The number of rotatable bonds is 8. The van der Waals surface area contributed by atoms with Crippen LogP contribution < -0.4 is 0 Å². The van der Waals surface area contributed by atoms with Gasteiger partial charge in [0.2, 0.25) is 12.5 Å². The summed E-state index contributed by atoms with van der Waals surface area (Å²) in [6, 6.07) is 25.1. The van der Waals surface area contributed by atoms with Gasteiger partial charge in [-0.2, -0.15) is 0 Å². The Labute approximate surface area is 262 Å². The maximum absolute atomic E-state index is 14.8. The first-order chi connectivity index (χ1) is 21.2. The lowest BCUT2D eigenvalue weighted by Crippen LogP contribution is -2.35. The smallest absolute Gasteiger partial charge is 0.340 e. The first-order valence-corrected chi connectivity index (χ1v) is 15.2. The molecule has 2 saturated heterocycles. The van der Waals surface area contributed by atoms with E-state index in [4.69, 9.17) is 23.7 Å². The summed E-state index contributed by atoms with van der Waals surface area (Å²) in [6.45, 7) is 3.65. The molecule has 11 heteroatoms. The van der Waals surface area contributed by atoms with E-state index < -0.39 is 66.0 Å². The van der Waals surface area contributed by atoms with Gasteiger partial charge in [0.1, 0.15) is 11.1 Å². The van der Waals surface area contributed by atoms with Crippen LogP contribution in [-0.2, 0) is 23.7 Å². The number of alkyl halides is 3. The van der Waals surface area contributed by atoms with Crippen molar-refractivity contribution in [2.45, 2.75) is 74.8 Å². The minimum absolute atomic E-state index is 0.293. The monoisotopic (exact) mass is 674 g/mol. The van der Waals surface area contributed by atoms with Crippen LogP contribution in [0.15, 0.2) is 91.0 Å². The average molecular weight is 676 g/mol. The summed E-state index contributed by atoms with van der Waals surface area (Å²) >= 11 is 3.08. The predicted octanol–water partition coefficient (Wildman–Crippen LogP) is 6.62. The van der Waals surface area contributed by atoms with Gasteiger partial charge in [0, 0.05) is 0 Å². The Hall–Kier alpha value is -3.67. The van der Waals surface area contributed by atoms with Crippen molar-refractivity contribution in [3.63, 3.8) is 0 Å². The summed E-state index contributed by atoms with van der Waals surface area (Å²) in [5.41, 5.74) is 1.03. The molecule has 0 radical (unpaired) electrons. The van der Waals surface area contributed by atoms with Crippen molar-refractivity contribution < 1.29 is 46.8 Å². The summed E-state index contributed by atoms with van der Waals surface area (Å²) in [5, 5.41) is -0.712. The van der Waals surface area contributed by atoms with E-state index in [2.05, 4.69) is 15.9 Å². The molecule has 2 aliphatic heterocycles. The lowest BCUT2D eigenvalue weighted by Gasteiger charge is -2.18. The van der Waals surface area contributed by atoms with E-state index in [-0.39, 0.29) is 0 Å². The molecule has 2 heterocycles. The molecule has 0 aliphatic carbocycles. The molecule has 0 N–H and O–H groups in total. The Bertz CT molecular complexity index is 1360. The van der Waals surface area contributed by atoms with Gasteiger partial charge in [-0.25, -0.2) is 23.2 Å². The first kappa shape index (κ1) is 33.2. The third-order valence-corrected chi connectivity index (χ3v) is 7.75. The summed E-state index contributed by atoms with van der Waals surface area (Å²) in [7, 11) is 0. The molecular formula is C33H33BrF2O8. The van der Waals surface area contributed by atoms with Crippen LogP contribution in [0.3, 0.4) is 0 Å². The van der Waals surface area contributed by atoms with Crippen LogP contribution in [0, 0.1) is 0 Å². The summed E-state index contributed by atoms with van der Waals surface area (Å²) in [5.74, 6) is -1.86. The Morgan fingerprint density at radius 3 is 1.39 bits per heavy atom. The number of esters is 3. The summed E-state index contributed by atoms with van der Waals surface area (Å²) in [4.78, 5) is 36.2. The molecule has 5 rings (SSSR count). The molecule has 2 aliphatic rings. The highest BCUT2D eigenvalue weighted by Crippen LogP contribution is 2.32. The molecule has 3 aromatic carbocycles. The maximum atomic E-state index is 14.8. The van der Waals surface area contributed by atoms with Crippen LogP contribution in [0.4, 0.5) is 8.78 Å². The fourth-order valence-corrected chi connectivity index (χ4v) is 5.25. The quantitative estimate of drug-likeness (QED) is 0.149. The highest BCUT2D eigenvalue weighted by Gasteiger charge is 2.49. The van der Waals surface area contributed by atoms with Gasteiger partial charge in [-0.3, -0.25) is 0 Å². The molecule has 44 heavy (non-hydrogen) atoms. The fraction of sp³-hybridized carbons (Fsp3) is 0.364. The zero-order valence-electron chi connectivity index (χ0n) is 24.1. The zero-order valence-corrected chi connectivity index (χ0v) is 25.7. The van der Waals surface area contributed by atoms with Crippen LogP contribution in [0.25, 0.3) is 0 Å². The second kappa shape index (κ2) is 15.9. The number of carbonyl (C=O) groups excluding carboxylic acids is 3. The molecule has 0 aromatic heterocycles. The van der Waals surface area contributed by atoms with Gasteiger partial charge in [-0.05, 0) is 49.2 Å². The number of hydrogen-bond donors (Lipinski definition) is 0. The molecule has 2 fully saturated rings. The maximum Gasteiger partial charge on any atom is 0.340 e. The second-order valence-electron chi connectivity index (χ2n) is 10.0. The minimum Gasteiger partial charge on any atom is -0.453 e. The summed E-state index contributed by atoms with van der Waals surface area (Å²) in [6.07, 6.45) is -6.61. The molecule has 0 amide bonds. The van der Waals surface area contributed by atoms with E-state index in [1.807, 2.05) is 6.92 Å². The van der Waals surface area contributed by atoms with Crippen LogP contribution in [-0.4, -0.2) is 66.0 Å². The van der Waals surface area contributed by atoms with Gasteiger partial charge >= 0.3 is 17.9 Å². The molecule has 0 bridgehead atoms. The lowest BCUT2D eigenvalue weighted by molar-refractivity contribution is -0.121. The zero-order chi connectivity index (χ0) is 31.6. The van der Waals surface area contributed by atoms with E-state index in [0.29, 0.717) is 29.5 Å². The molecule has 2 unspecified atom stereocenters. The molecule has 0 spiro atoms. The lowest BCUT2D eigenvalue weighted by atomic mass is 10.1. The summed E-state index contributed by atoms with van der Waals surface area (Å²) < 4.78 is 55.1. The van der Waals surface area contributed by atoms with Gasteiger partial charge in [-0.1, -0.05) is 84.4 Å². The van der Waals surface area contributed by atoms with E-state index in [0.717, 1.165) is 0 Å². The molecule has 8 nitrogen and oxygen atoms in total.